The van der Waals surface area contributed by atoms with Gasteiger partial charge in [0.25, 0.3) is 5.91 Å². The molecule has 194 valence electrons. The normalized spacial score (nSPS) is 12.7. The molecule has 5 heterocycles. The molecule has 10 nitrogen and oxygen atoms in total. The average molecular weight is 523 g/mol. The van der Waals surface area contributed by atoms with Gasteiger partial charge in [0, 0.05) is 29.9 Å². The third-order valence-electron chi connectivity index (χ3n) is 6.04. The molecule has 0 radical (unpaired) electrons. The smallest absolute Gasteiger partial charge is 0.384 e. The van der Waals surface area contributed by atoms with Gasteiger partial charge in [0.2, 0.25) is 0 Å². The van der Waals surface area contributed by atoms with E-state index in [-0.39, 0.29) is 11.3 Å². The number of anilines is 1. The van der Waals surface area contributed by atoms with E-state index >= 15 is 0 Å². The molecule has 0 aliphatic rings. The van der Waals surface area contributed by atoms with Crippen LogP contribution in [0.2, 0.25) is 0 Å². The van der Waals surface area contributed by atoms with E-state index in [1.165, 1.54) is 24.0 Å². The van der Waals surface area contributed by atoms with Crippen LogP contribution in [0.25, 0.3) is 39.0 Å². The van der Waals surface area contributed by atoms with Crippen LogP contribution in [-0.2, 0) is 18.0 Å². The van der Waals surface area contributed by atoms with Crippen molar-refractivity contribution in [1.29, 1.82) is 0 Å². The largest absolute Gasteiger partial charge is 0.418 e. The van der Waals surface area contributed by atoms with Gasteiger partial charge in [-0.1, -0.05) is 0 Å². The van der Waals surface area contributed by atoms with Gasteiger partial charge >= 0.3 is 11.9 Å². The summed E-state index contributed by atoms with van der Waals surface area (Å²) in [7, 11) is 1.47. The van der Waals surface area contributed by atoms with Gasteiger partial charge in [-0.05, 0) is 38.1 Å². The maximum atomic E-state index is 14.0. The predicted octanol–water partition coefficient (Wildman–Crippen LogP) is 3.38. The topological polar surface area (TPSA) is 128 Å². The maximum Gasteiger partial charge on any atom is 0.418 e. The van der Waals surface area contributed by atoms with Crippen LogP contribution in [0.1, 0.15) is 18.2 Å². The van der Waals surface area contributed by atoms with E-state index in [4.69, 9.17) is 0 Å². The fraction of sp³-hybridized carbons (Fsp3) is 0.200. The van der Waals surface area contributed by atoms with Gasteiger partial charge in [0.15, 0.2) is 0 Å². The highest BCUT2D eigenvalue weighted by molar-refractivity contribution is 6.04. The van der Waals surface area contributed by atoms with E-state index in [2.05, 4.69) is 19.9 Å². The molecule has 0 aromatic carbocycles. The van der Waals surface area contributed by atoms with Crippen LogP contribution in [-0.4, -0.2) is 46.2 Å². The molecule has 0 fully saturated rings. The number of aliphatic hydroxyl groups is 1. The van der Waals surface area contributed by atoms with Crippen LogP contribution < -0.4 is 11.0 Å². The first-order valence-corrected chi connectivity index (χ1v) is 11.3. The SMILES string of the molecule is Cc1ccc(-c2cc3c(cn2)ncc2c3n(-c3cc(C(F)(F)F)c(NC(=O)C(C)O)cn3)c(=O)n2C)cn1. The molecule has 5 aromatic rings. The van der Waals surface area contributed by atoms with Crippen molar-refractivity contribution in [2.24, 2.45) is 7.05 Å². The molecule has 1 amide bonds. The van der Waals surface area contributed by atoms with Crippen LogP contribution >= 0.6 is 0 Å². The summed E-state index contributed by atoms with van der Waals surface area (Å²) in [5, 5.41) is 11.9. The number of halogens is 3. The summed E-state index contributed by atoms with van der Waals surface area (Å²) in [6, 6.07) is 6.02. The number of hydrogen-bond donors (Lipinski definition) is 2. The second-order valence-corrected chi connectivity index (χ2v) is 8.70. The van der Waals surface area contributed by atoms with Crippen molar-refractivity contribution in [1.82, 2.24) is 29.1 Å². The van der Waals surface area contributed by atoms with Gasteiger partial charge in [-0.3, -0.25) is 24.3 Å². The summed E-state index contributed by atoms with van der Waals surface area (Å²) in [6.07, 6.45) is -1.04. The summed E-state index contributed by atoms with van der Waals surface area (Å²) in [4.78, 5) is 42.3. The summed E-state index contributed by atoms with van der Waals surface area (Å²) < 4.78 is 44.3. The van der Waals surface area contributed by atoms with E-state index in [1.54, 1.807) is 12.3 Å². The van der Waals surface area contributed by atoms with Crippen molar-refractivity contribution in [3.05, 3.63) is 70.8 Å². The van der Waals surface area contributed by atoms with Gasteiger partial charge in [-0.15, -0.1) is 0 Å². The number of amides is 1. The van der Waals surface area contributed by atoms with Crippen LogP contribution in [0, 0.1) is 6.92 Å². The number of rotatable bonds is 4. The molecule has 0 bridgehead atoms. The van der Waals surface area contributed by atoms with Gasteiger partial charge < -0.3 is 10.4 Å². The van der Waals surface area contributed by atoms with Crippen LogP contribution in [0.15, 0.2) is 53.8 Å². The number of nitrogens with one attached hydrogen (secondary N) is 1. The molecule has 2 N–H and O–H groups in total. The van der Waals surface area contributed by atoms with Crippen molar-refractivity contribution in [3.63, 3.8) is 0 Å². The summed E-state index contributed by atoms with van der Waals surface area (Å²) >= 11 is 0. The minimum atomic E-state index is -4.90. The number of carbonyl (C=O) groups excluding carboxylic acids is 1. The van der Waals surface area contributed by atoms with Crippen molar-refractivity contribution in [2.75, 3.05) is 5.32 Å². The quantitative estimate of drug-likeness (QED) is 0.370. The molecule has 1 atom stereocenters. The average Bonchev–Trinajstić information content (AvgIpc) is 3.14. The standard InChI is InChI=1S/C25H20F3N7O3/c1-12-4-5-14(8-29-12)17-6-15-18(9-30-17)31-11-20-22(15)35(24(38)34(20)3)21-7-16(25(26,27)28)19(10-32-21)33-23(37)13(2)36/h4-11,13,36H,1-3H3,(H,33,37). The minimum absolute atomic E-state index is 0.285. The number of hydrogen-bond acceptors (Lipinski definition) is 7. The Morgan fingerprint density at radius 1 is 1.05 bits per heavy atom. The molecule has 38 heavy (non-hydrogen) atoms. The highest BCUT2D eigenvalue weighted by Crippen LogP contribution is 2.36. The van der Waals surface area contributed by atoms with Gasteiger partial charge in [-0.25, -0.2) is 14.3 Å². The Morgan fingerprint density at radius 3 is 2.47 bits per heavy atom. The summed E-state index contributed by atoms with van der Waals surface area (Å²) in [5.74, 6) is -1.35. The monoisotopic (exact) mass is 523 g/mol. The number of aryl methyl sites for hydroxylation is 2. The van der Waals surface area contributed by atoms with Crippen LogP contribution in [0.5, 0.6) is 0 Å². The van der Waals surface area contributed by atoms with Gasteiger partial charge in [0.1, 0.15) is 11.9 Å². The Morgan fingerprint density at radius 2 is 1.82 bits per heavy atom. The number of aromatic nitrogens is 6. The highest BCUT2D eigenvalue weighted by Gasteiger charge is 2.35. The molecule has 5 rings (SSSR count). The minimum Gasteiger partial charge on any atom is -0.384 e. The zero-order valence-corrected chi connectivity index (χ0v) is 20.3. The number of imidazole rings is 1. The molecule has 0 spiro atoms. The number of carbonyl (C=O) groups is 1. The molecular weight excluding hydrogens is 503 g/mol. The van der Waals surface area contributed by atoms with E-state index in [0.29, 0.717) is 33.7 Å². The van der Waals surface area contributed by atoms with Gasteiger partial charge in [0.05, 0.1) is 52.1 Å². The number of pyridine rings is 4. The van der Waals surface area contributed by atoms with E-state index in [1.807, 2.05) is 24.4 Å². The third-order valence-corrected chi connectivity index (χ3v) is 6.04. The molecule has 13 heteroatoms. The lowest BCUT2D eigenvalue weighted by molar-refractivity contribution is -0.137. The zero-order valence-electron chi connectivity index (χ0n) is 20.3. The maximum absolute atomic E-state index is 14.0. The number of alkyl halides is 3. The third kappa shape index (κ3) is 4.26. The first-order valence-electron chi connectivity index (χ1n) is 11.3. The number of nitrogens with zero attached hydrogens (tertiary/aromatic N) is 6. The lowest BCUT2D eigenvalue weighted by Crippen LogP contribution is -2.27. The molecular formula is C25H20F3N7O3. The second kappa shape index (κ2) is 9.03. The molecule has 0 aliphatic carbocycles. The zero-order chi connectivity index (χ0) is 27.4. The number of fused-ring (bicyclic) bond motifs is 3. The molecule has 0 aliphatic heterocycles. The van der Waals surface area contributed by atoms with Crippen LogP contribution in [0.4, 0.5) is 18.9 Å². The van der Waals surface area contributed by atoms with E-state index < -0.39 is 35.1 Å². The fourth-order valence-electron chi connectivity index (χ4n) is 4.03. The summed E-state index contributed by atoms with van der Waals surface area (Å²) in [6.45, 7) is 2.96. The molecule has 1 unspecified atom stereocenters. The first-order chi connectivity index (χ1) is 18.0. The second-order valence-electron chi connectivity index (χ2n) is 8.70. The van der Waals surface area contributed by atoms with Gasteiger partial charge in [-0.2, -0.15) is 13.2 Å². The number of aliphatic hydroxyl groups excluding tert-OH is 1. The van der Waals surface area contributed by atoms with Crippen molar-refractivity contribution in [3.8, 4) is 17.1 Å². The highest BCUT2D eigenvalue weighted by atomic mass is 19.4. The van der Waals surface area contributed by atoms with Crippen molar-refractivity contribution < 1.29 is 23.1 Å². The van der Waals surface area contributed by atoms with E-state index in [0.717, 1.165) is 23.4 Å². The predicted molar refractivity (Wildman–Crippen MR) is 133 cm³/mol. The van der Waals surface area contributed by atoms with E-state index in [9.17, 15) is 27.9 Å². The summed E-state index contributed by atoms with van der Waals surface area (Å²) in [5.41, 5.74) is 0.587. The molecule has 5 aromatic heterocycles. The van der Waals surface area contributed by atoms with Crippen molar-refractivity contribution in [2.45, 2.75) is 26.1 Å². The Hall–Kier alpha value is -4.65. The molecule has 0 saturated heterocycles. The Balaban J connectivity index is 1.77. The lowest BCUT2D eigenvalue weighted by Gasteiger charge is -2.16. The Bertz CT molecular complexity index is 1770. The van der Waals surface area contributed by atoms with Crippen molar-refractivity contribution >= 4 is 33.5 Å². The fourth-order valence-corrected chi connectivity index (χ4v) is 4.03. The molecule has 0 saturated carbocycles. The Labute approximate surface area is 212 Å². The first kappa shape index (κ1) is 25.0. The lowest BCUT2D eigenvalue weighted by atomic mass is 10.1. The Kier molecular flexibility index (Phi) is 5.94. The van der Waals surface area contributed by atoms with Crippen LogP contribution in [0.3, 0.4) is 0 Å².